The van der Waals surface area contributed by atoms with Gasteiger partial charge in [0.2, 0.25) is 4.60 Å². The van der Waals surface area contributed by atoms with Crippen molar-refractivity contribution in [3.63, 3.8) is 0 Å². The fourth-order valence-electron chi connectivity index (χ4n) is 0.997. The lowest BCUT2D eigenvalue weighted by molar-refractivity contribution is -0.712. The van der Waals surface area contributed by atoms with Gasteiger partial charge in [0.15, 0.2) is 12.7 Å². The predicted octanol–water partition coefficient (Wildman–Crippen LogP) is 2.39. The minimum Gasteiger partial charge on any atom is -0.193 e. The van der Waals surface area contributed by atoms with Crippen LogP contribution in [0.3, 0.4) is 0 Å². The molecule has 60 valence electrons. The van der Waals surface area contributed by atoms with Crippen LogP contribution in [0, 0.1) is 5.92 Å². The highest BCUT2D eigenvalue weighted by Crippen LogP contribution is 2.02. The number of aromatic nitrogens is 1. The molecule has 0 unspecified atom stereocenters. The first-order chi connectivity index (χ1) is 5.20. The lowest BCUT2D eigenvalue weighted by atomic mass is 10.2. The summed E-state index contributed by atoms with van der Waals surface area (Å²) in [5.41, 5.74) is 0. The van der Waals surface area contributed by atoms with Gasteiger partial charge in [-0.3, -0.25) is 0 Å². The van der Waals surface area contributed by atoms with Gasteiger partial charge in [-0.1, -0.05) is 13.8 Å². The second kappa shape index (κ2) is 3.86. The van der Waals surface area contributed by atoms with E-state index < -0.39 is 0 Å². The van der Waals surface area contributed by atoms with Crippen LogP contribution in [0.2, 0.25) is 0 Å². The van der Waals surface area contributed by atoms with Crippen molar-refractivity contribution in [2.24, 2.45) is 5.92 Å². The molecule has 0 fully saturated rings. The molecule has 0 aliphatic heterocycles. The molecule has 0 aliphatic rings. The molecule has 0 atom stereocenters. The van der Waals surface area contributed by atoms with Gasteiger partial charge in [-0.15, -0.1) is 0 Å². The molecule has 0 saturated heterocycles. The van der Waals surface area contributed by atoms with Gasteiger partial charge < -0.3 is 0 Å². The number of pyridine rings is 1. The van der Waals surface area contributed by atoms with E-state index in [0.29, 0.717) is 5.92 Å². The Balaban J connectivity index is 2.78. The van der Waals surface area contributed by atoms with E-state index in [-0.39, 0.29) is 0 Å². The molecule has 11 heavy (non-hydrogen) atoms. The summed E-state index contributed by atoms with van der Waals surface area (Å²) < 4.78 is 3.35. The zero-order valence-corrected chi connectivity index (χ0v) is 8.51. The second-order valence-corrected chi connectivity index (χ2v) is 3.88. The lowest BCUT2D eigenvalue weighted by Gasteiger charge is -2.00. The molecule has 0 spiro atoms. The van der Waals surface area contributed by atoms with Crippen LogP contribution in [-0.4, -0.2) is 0 Å². The number of rotatable bonds is 2. The monoisotopic (exact) mass is 214 g/mol. The van der Waals surface area contributed by atoms with Crippen molar-refractivity contribution in [3.05, 3.63) is 29.0 Å². The van der Waals surface area contributed by atoms with E-state index in [2.05, 4.69) is 46.6 Å². The van der Waals surface area contributed by atoms with E-state index in [1.165, 1.54) is 0 Å². The fraction of sp³-hybridized carbons (Fsp3) is 0.444. The molecule has 0 N–H and O–H groups in total. The Morgan fingerprint density at radius 3 is 2.73 bits per heavy atom. The molecule has 0 saturated carbocycles. The third-order valence-electron chi connectivity index (χ3n) is 1.45. The Morgan fingerprint density at radius 2 is 2.18 bits per heavy atom. The molecule has 0 bridgehead atoms. The van der Waals surface area contributed by atoms with E-state index >= 15 is 0 Å². The number of hydrogen-bond donors (Lipinski definition) is 0. The van der Waals surface area contributed by atoms with Crippen molar-refractivity contribution in [1.29, 1.82) is 0 Å². The Kier molecular flexibility index (Phi) is 3.06. The minimum atomic E-state index is 0.693. The molecular weight excluding hydrogens is 202 g/mol. The summed E-state index contributed by atoms with van der Waals surface area (Å²) in [5.74, 6) is 0.693. The van der Waals surface area contributed by atoms with Gasteiger partial charge in [0.05, 0.1) is 0 Å². The molecular formula is C9H13BrN+. The van der Waals surface area contributed by atoms with Crippen LogP contribution in [0.25, 0.3) is 0 Å². The van der Waals surface area contributed by atoms with Gasteiger partial charge in [0.25, 0.3) is 0 Å². The maximum Gasteiger partial charge on any atom is 0.247 e. The van der Waals surface area contributed by atoms with Crippen LogP contribution in [-0.2, 0) is 6.54 Å². The summed E-state index contributed by atoms with van der Waals surface area (Å²) in [5, 5.41) is 0. The average molecular weight is 215 g/mol. The largest absolute Gasteiger partial charge is 0.247 e. The third-order valence-corrected chi connectivity index (χ3v) is 2.17. The molecule has 0 aromatic carbocycles. The maximum absolute atomic E-state index is 3.49. The van der Waals surface area contributed by atoms with Gasteiger partial charge in [0.1, 0.15) is 0 Å². The Morgan fingerprint density at radius 1 is 1.45 bits per heavy atom. The maximum atomic E-state index is 3.49. The van der Waals surface area contributed by atoms with Crippen LogP contribution in [0.5, 0.6) is 0 Å². The Hall–Kier alpha value is -0.370. The molecule has 2 heteroatoms. The summed E-state index contributed by atoms with van der Waals surface area (Å²) in [7, 11) is 0. The van der Waals surface area contributed by atoms with Crippen molar-refractivity contribution in [2.75, 3.05) is 0 Å². The normalized spacial score (nSPS) is 10.5. The summed E-state index contributed by atoms with van der Waals surface area (Å²) in [6.45, 7) is 5.50. The first-order valence-corrected chi connectivity index (χ1v) is 4.63. The molecule has 0 amide bonds. The minimum absolute atomic E-state index is 0.693. The van der Waals surface area contributed by atoms with Crippen LogP contribution in [0.4, 0.5) is 0 Å². The van der Waals surface area contributed by atoms with Gasteiger partial charge in [0, 0.05) is 34.0 Å². The SMILES string of the molecule is CC(C)C[n+]1ccccc1Br. The predicted molar refractivity (Wildman–Crippen MR) is 49.2 cm³/mol. The van der Waals surface area contributed by atoms with Gasteiger partial charge in [-0.25, -0.2) is 0 Å². The summed E-state index contributed by atoms with van der Waals surface area (Å²) >= 11 is 3.49. The van der Waals surface area contributed by atoms with Gasteiger partial charge in [-0.2, -0.15) is 4.57 Å². The summed E-state index contributed by atoms with van der Waals surface area (Å²) in [4.78, 5) is 0. The molecule has 1 heterocycles. The number of hydrogen-bond acceptors (Lipinski definition) is 0. The molecule has 0 radical (unpaired) electrons. The fourth-order valence-corrected chi connectivity index (χ4v) is 1.41. The highest BCUT2D eigenvalue weighted by Gasteiger charge is 2.06. The van der Waals surface area contributed by atoms with Gasteiger partial charge in [-0.05, 0) is 6.07 Å². The third kappa shape index (κ3) is 2.62. The Labute approximate surface area is 76.2 Å². The van der Waals surface area contributed by atoms with E-state index in [0.717, 1.165) is 11.1 Å². The average Bonchev–Trinajstić information content (AvgIpc) is 1.93. The second-order valence-electron chi connectivity index (χ2n) is 3.07. The van der Waals surface area contributed by atoms with Crippen molar-refractivity contribution in [2.45, 2.75) is 20.4 Å². The first-order valence-electron chi connectivity index (χ1n) is 3.84. The van der Waals surface area contributed by atoms with Crippen LogP contribution in [0.1, 0.15) is 13.8 Å². The van der Waals surface area contributed by atoms with E-state index in [1.54, 1.807) is 0 Å². The van der Waals surface area contributed by atoms with Crippen molar-refractivity contribution >= 4 is 15.9 Å². The zero-order valence-electron chi connectivity index (χ0n) is 6.92. The standard InChI is InChI=1S/C9H13BrN/c1-8(2)7-11-6-4-3-5-9(11)10/h3-6,8H,7H2,1-2H3/q+1. The van der Waals surface area contributed by atoms with E-state index in [9.17, 15) is 0 Å². The molecule has 1 aromatic heterocycles. The van der Waals surface area contributed by atoms with E-state index in [1.807, 2.05) is 12.1 Å². The zero-order chi connectivity index (χ0) is 8.27. The van der Waals surface area contributed by atoms with Crippen LogP contribution in [0.15, 0.2) is 29.0 Å². The van der Waals surface area contributed by atoms with Crippen LogP contribution >= 0.6 is 15.9 Å². The summed E-state index contributed by atoms with van der Waals surface area (Å²) in [6, 6.07) is 6.14. The molecule has 1 nitrogen and oxygen atoms in total. The van der Waals surface area contributed by atoms with Crippen LogP contribution < -0.4 is 4.57 Å². The van der Waals surface area contributed by atoms with Crippen molar-refractivity contribution in [3.8, 4) is 0 Å². The highest BCUT2D eigenvalue weighted by atomic mass is 79.9. The quantitative estimate of drug-likeness (QED) is 0.526. The van der Waals surface area contributed by atoms with Crippen molar-refractivity contribution < 1.29 is 4.57 Å². The number of nitrogens with zero attached hydrogens (tertiary/aromatic N) is 1. The molecule has 0 aliphatic carbocycles. The molecule has 1 aromatic rings. The van der Waals surface area contributed by atoms with Crippen molar-refractivity contribution in [1.82, 2.24) is 0 Å². The topological polar surface area (TPSA) is 3.88 Å². The van der Waals surface area contributed by atoms with E-state index in [4.69, 9.17) is 0 Å². The highest BCUT2D eigenvalue weighted by molar-refractivity contribution is 9.10. The Bertz CT molecular complexity index is 233. The van der Waals surface area contributed by atoms with Gasteiger partial charge >= 0.3 is 0 Å². The lowest BCUT2D eigenvalue weighted by Crippen LogP contribution is -2.37. The molecule has 1 rings (SSSR count). The summed E-state index contributed by atoms with van der Waals surface area (Å²) in [6.07, 6.45) is 2.09. The smallest absolute Gasteiger partial charge is 0.193 e. The number of halogens is 1. The first kappa shape index (κ1) is 8.72.